The van der Waals surface area contributed by atoms with Gasteiger partial charge in [0.15, 0.2) is 5.71 Å². The summed E-state index contributed by atoms with van der Waals surface area (Å²) < 4.78 is 32.1. The van der Waals surface area contributed by atoms with Gasteiger partial charge >= 0.3 is 5.91 Å². The summed E-state index contributed by atoms with van der Waals surface area (Å²) in [6.45, 7) is 1.59. The summed E-state index contributed by atoms with van der Waals surface area (Å²) in [6, 6.07) is 12.3. The second-order valence-electron chi connectivity index (χ2n) is 5.30. The van der Waals surface area contributed by atoms with E-state index in [0.717, 1.165) is 5.01 Å². The summed E-state index contributed by atoms with van der Waals surface area (Å²) in [5, 5.41) is 9.57. The molecule has 0 spiro atoms. The molecule has 0 fully saturated rings. The number of carbonyl (C=O) groups excluding carboxylic acids is 1. The minimum absolute atomic E-state index is 0.00457. The van der Waals surface area contributed by atoms with E-state index in [1.807, 2.05) is 0 Å². The van der Waals surface area contributed by atoms with Gasteiger partial charge in [0.25, 0.3) is 10.1 Å². The van der Waals surface area contributed by atoms with E-state index in [9.17, 15) is 17.8 Å². The second-order valence-corrected chi connectivity index (χ2v) is 7.09. The second kappa shape index (κ2) is 6.87. The van der Waals surface area contributed by atoms with Gasteiger partial charge in [-0.25, -0.2) is 0 Å². The van der Waals surface area contributed by atoms with Gasteiger partial charge in [-0.1, -0.05) is 35.9 Å². The van der Waals surface area contributed by atoms with Gasteiger partial charge in [0.1, 0.15) is 4.90 Å². The Morgan fingerprint density at radius 1 is 1.15 bits per heavy atom. The number of hydrazone groups is 2. The highest BCUT2D eigenvalue weighted by molar-refractivity contribution is 7.86. The first-order chi connectivity index (χ1) is 12.3. The van der Waals surface area contributed by atoms with Crippen molar-refractivity contribution in [2.75, 3.05) is 10.4 Å². The minimum Gasteiger partial charge on any atom is -0.282 e. The molecule has 2 aromatic carbocycles. The molecule has 1 aliphatic heterocycles. The molecule has 8 nitrogen and oxygen atoms in total. The molecule has 0 aliphatic carbocycles. The van der Waals surface area contributed by atoms with Crippen LogP contribution in [0.2, 0.25) is 5.02 Å². The molecule has 10 heteroatoms. The smallest absolute Gasteiger partial charge is 0.282 e. The first-order valence-electron chi connectivity index (χ1n) is 7.34. The number of para-hydroxylation sites is 2. The zero-order valence-electron chi connectivity index (χ0n) is 13.4. The van der Waals surface area contributed by atoms with Gasteiger partial charge < -0.3 is 0 Å². The average Bonchev–Trinajstić information content (AvgIpc) is 2.87. The number of anilines is 2. The molecule has 0 bridgehead atoms. The monoisotopic (exact) mass is 392 g/mol. The van der Waals surface area contributed by atoms with Crippen LogP contribution in [0.25, 0.3) is 0 Å². The number of halogens is 1. The number of rotatable bonds is 4. The third-order valence-electron chi connectivity index (χ3n) is 3.52. The molecule has 0 unspecified atom stereocenters. The maximum absolute atomic E-state index is 12.6. The van der Waals surface area contributed by atoms with E-state index < -0.39 is 16.0 Å². The van der Waals surface area contributed by atoms with Crippen molar-refractivity contribution in [1.29, 1.82) is 0 Å². The number of hydrogen-bond donors (Lipinski definition) is 2. The van der Waals surface area contributed by atoms with E-state index >= 15 is 0 Å². The fourth-order valence-electron chi connectivity index (χ4n) is 2.31. The highest BCUT2D eigenvalue weighted by Crippen LogP contribution is 2.28. The van der Waals surface area contributed by atoms with E-state index in [-0.39, 0.29) is 16.3 Å². The third-order valence-corrected chi connectivity index (χ3v) is 4.75. The van der Waals surface area contributed by atoms with Crippen LogP contribution in [-0.4, -0.2) is 30.3 Å². The number of nitrogens with one attached hydrogen (secondary N) is 1. The van der Waals surface area contributed by atoms with Crippen LogP contribution >= 0.6 is 11.6 Å². The van der Waals surface area contributed by atoms with E-state index in [2.05, 4.69) is 15.6 Å². The van der Waals surface area contributed by atoms with Crippen molar-refractivity contribution in [2.45, 2.75) is 11.8 Å². The molecule has 2 aromatic rings. The fourth-order valence-corrected chi connectivity index (χ4v) is 3.17. The topological polar surface area (TPSA) is 111 Å². The van der Waals surface area contributed by atoms with Crippen LogP contribution in [0.5, 0.6) is 0 Å². The minimum atomic E-state index is -4.44. The van der Waals surface area contributed by atoms with Gasteiger partial charge in [-0.2, -0.15) is 23.6 Å². The van der Waals surface area contributed by atoms with Crippen LogP contribution in [0.15, 0.2) is 63.6 Å². The van der Waals surface area contributed by atoms with Crippen molar-refractivity contribution < 1.29 is 17.8 Å². The van der Waals surface area contributed by atoms with E-state index in [4.69, 9.17) is 11.6 Å². The van der Waals surface area contributed by atoms with Gasteiger partial charge in [-0.3, -0.25) is 14.8 Å². The van der Waals surface area contributed by atoms with Crippen LogP contribution in [-0.2, 0) is 14.9 Å². The molecular weight excluding hydrogens is 380 g/mol. The standard InChI is InChI=1S/C16H13ClN4O4S/c1-10-15(16(22)21(20-10)13-8-4-2-6-11(13)17)19-18-12-7-3-5-9-14(12)26(23,24)25/h2-9,18H,1H3,(H,23,24,25)/b19-15+. The Bertz CT molecular complexity index is 1050. The largest absolute Gasteiger partial charge is 0.301 e. The van der Waals surface area contributed by atoms with Crippen molar-refractivity contribution in [3.63, 3.8) is 0 Å². The Morgan fingerprint density at radius 2 is 1.81 bits per heavy atom. The molecule has 1 aliphatic rings. The lowest BCUT2D eigenvalue weighted by molar-refractivity contribution is -0.112. The van der Waals surface area contributed by atoms with Gasteiger partial charge in [-0.15, -0.1) is 0 Å². The average molecular weight is 393 g/mol. The van der Waals surface area contributed by atoms with Crippen molar-refractivity contribution in [3.05, 3.63) is 53.6 Å². The lowest BCUT2D eigenvalue weighted by atomic mass is 10.2. The van der Waals surface area contributed by atoms with Crippen LogP contribution in [0.1, 0.15) is 6.92 Å². The molecule has 134 valence electrons. The van der Waals surface area contributed by atoms with Gasteiger partial charge in [0, 0.05) is 0 Å². The summed E-state index contributed by atoms with van der Waals surface area (Å²) in [7, 11) is -4.44. The quantitative estimate of drug-likeness (QED) is 0.613. The normalized spacial score (nSPS) is 16.1. The predicted molar refractivity (Wildman–Crippen MR) is 99.4 cm³/mol. The first kappa shape index (κ1) is 18.1. The Hall–Kier alpha value is -2.75. The third kappa shape index (κ3) is 3.45. The molecule has 2 N–H and O–H groups in total. The van der Waals surface area contributed by atoms with Gasteiger partial charge in [0.05, 0.1) is 22.1 Å². The van der Waals surface area contributed by atoms with Crippen molar-refractivity contribution in [2.24, 2.45) is 10.2 Å². The molecule has 1 amide bonds. The van der Waals surface area contributed by atoms with Gasteiger partial charge in [-0.05, 0) is 31.2 Å². The molecule has 0 radical (unpaired) electrons. The number of benzene rings is 2. The zero-order valence-corrected chi connectivity index (χ0v) is 15.0. The summed E-state index contributed by atoms with van der Waals surface area (Å²) in [5.41, 5.74) is 3.25. The molecule has 0 atom stereocenters. The van der Waals surface area contributed by atoms with E-state index in [1.165, 1.54) is 18.2 Å². The zero-order chi connectivity index (χ0) is 18.9. The molecule has 26 heavy (non-hydrogen) atoms. The van der Waals surface area contributed by atoms with Crippen molar-refractivity contribution in [3.8, 4) is 0 Å². The highest BCUT2D eigenvalue weighted by Gasteiger charge is 2.32. The first-order valence-corrected chi connectivity index (χ1v) is 9.15. The predicted octanol–water partition coefficient (Wildman–Crippen LogP) is 2.78. The fraction of sp³-hybridized carbons (Fsp3) is 0.0625. The van der Waals surface area contributed by atoms with E-state index in [0.29, 0.717) is 16.4 Å². The van der Waals surface area contributed by atoms with Crippen LogP contribution < -0.4 is 10.4 Å². The SMILES string of the molecule is CC1=NN(c2ccccc2Cl)C(=O)/C1=N/Nc1ccccc1S(=O)(=O)O. The molecule has 0 aromatic heterocycles. The maximum atomic E-state index is 12.6. The number of nitrogens with zero attached hydrogens (tertiary/aromatic N) is 3. The van der Waals surface area contributed by atoms with Gasteiger partial charge in [0.2, 0.25) is 0 Å². The van der Waals surface area contributed by atoms with Crippen molar-refractivity contribution in [1.82, 2.24) is 0 Å². The van der Waals surface area contributed by atoms with Crippen LogP contribution in [0.4, 0.5) is 11.4 Å². The van der Waals surface area contributed by atoms with E-state index in [1.54, 1.807) is 37.3 Å². The summed E-state index contributed by atoms with van der Waals surface area (Å²) >= 11 is 6.10. The molecular formula is C16H13ClN4O4S. The maximum Gasteiger partial charge on any atom is 0.301 e. The lowest BCUT2D eigenvalue weighted by Crippen LogP contribution is -2.28. The Balaban J connectivity index is 1.92. The summed E-state index contributed by atoms with van der Waals surface area (Å²) in [6.07, 6.45) is 0. The Kier molecular flexibility index (Phi) is 4.77. The molecule has 3 rings (SSSR count). The summed E-state index contributed by atoms with van der Waals surface area (Å²) in [5.74, 6) is -0.521. The lowest BCUT2D eigenvalue weighted by Gasteiger charge is -2.12. The number of hydrogen-bond acceptors (Lipinski definition) is 6. The number of amides is 1. The summed E-state index contributed by atoms with van der Waals surface area (Å²) in [4.78, 5) is 12.2. The van der Waals surface area contributed by atoms with Crippen molar-refractivity contribution >= 4 is 50.4 Å². The molecule has 0 saturated carbocycles. The molecule has 0 saturated heterocycles. The molecule has 1 heterocycles. The van der Waals surface area contributed by atoms with Crippen LogP contribution in [0, 0.1) is 0 Å². The Morgan fingerprint density at radius 3 is 2.50 bits per heavy atom. The number of carbonyl (C=O) groups is 1. The van der Waals surface area contributed by atoms with Crippen LogP contribution in [0.3, 0.4) is 0 Å². The highest BCUT2D eigenvalue weighted by atomic mass is 35.5. The Labute approximate surface area is 154 Å².